The average Bonchev–Trinajstić information content (AvgIpc) is 3.12. The Kier molecular flexibility index (Phi) is 5.65. The molecule has 0 spiro atoms. The SMILES string of the molecule is OCCn1ncc2c1CN(CC1CN(Cc3ccccc3)CCCO1)C2. The predicted octanol–water partition coefficient (Wildman–Crippen LogP) is 1.48. The van der Waals surface area contributed by atoms with E-state index in [2.05, 4.69) is 45.2 Å². The molecule has 0 aliphatic carbocycles. The maximum Gasteiger partial charge on any atom is 0.0828 e. The van der Waals surface area contributed by atoms with Crippen molar-refractivity contribution >= 4 is 0 Å². The summed E-state index contributed by atoms with van der Waals surface area (Å²) in [5.74, 6) is 0. The van der Waals surface area contributed by atoms with E-state index in [0.717, 1.165) is 52.3 Å². The minimum atomic E-state index is 0.133. The lowest BCUT2D eigenvalue weighted by Crippen LogP contribution is -2.38. The molecular weight excluding hydrogens is 328 g/mol. The predicted molar refractivity (Wildman–Crippen MR) is 99.5 cm³/mol. The quantitative estimate of drug-likeness (QED) is 0.850. The molecule has 2 aliphatic rings. The molecule has 4 rings (SSSR count). The minimum absolute atomic E-state index is 0.133. The minimum Gasteiger partial charge on any atom is -0.394 e. The molecule has 0 amide bonds. The molecule has 0 bridgehead atoms. The van der Waals surface area contributed by atoms with Crippen molar-refractivity contribution in [3.05, 3.63) is 53.3 Å². The van der Waals surface area contributed by atoms with E-state index in [1.165, 1.54) is 16.8 Å². The first-order chi connectivity index (χ1) is 12.8. The third-order valence-corrected chi connectivity index (χ3v) is 5.26. The van der Waals surface area contributed by atoms with Crippen molar-refractivity contribution in [2.45, 2.75) is 38.7 Å². The second-order valence-corrected chi connectivity index (χ2v) is 7.30. The zero-order valence-corrected chi connectivity index (χ0v) is 15.3. The smallest absolute Gasteiger partial charge is 0.0828 e. The van der Waals surface area contributed by atoms with Crippen LogP contribution in [0.5, 0.6) is 0 Å². The Labute approximate surface area is 155 Å². The Morgan fingerprint density at radius 3 is 2.88 bits per heavy atom. The van der Waals surface area contributed by atoms with Crippen LogP contribution in [-0.2, 0) is 30.9 Å². The van der Waals surface area contributed by atoms with Crippen molar-refractivity contribution < 1.29 is 9.84 Å². The summed E-state index contributed by atoms with van der Waals surface area (Å²) in [6.45, 7) is 7.39. The van der Waals surface area contributed by atoms with Gasteiger partial charge >= 0.3 is 0 Å². The van der Waals surface area contributed by atoms with E-state index in [-0.39, 0.29) is 12.7 Å². The molecule has 1 unspecified atom stereocenters. The molecule has 0 radical (unpaired) electrons. The van der Waals surface area contributed by atoms with E-state index in [0.29, 0.717) is 6.54 Å². The van der Waals surface area contributed by atoms with E-state index >= 15 is 0 Å². The number of aliphatic hydroxyl groups excluding tert-OH is 1. The van der Waals surface area contributed by atoms with Crippen molar-refractivity contribution in [2.75, 3.05) is 32.8 Å². The summed E-state index contributed by atoms with van der Waals surface area (Å²) < 4.78 is 8.08. The molecule has 6 nitrogen and oxygen atoms in total. The molecule has 1 aromatic heterocycles. The van der Waals surface area contributed by atoms with Gasteiger partial charge < -0.3 is 9.84 Å². The molecule has 6 heteroatoms. The largest absolute Gasteiger partial charge is 0.394 e. The number of benzene rings is 1. The van der Waals surface area contributed by atoms with Crippen LogP contribution in [0.2, 0.25) is 0 Å². The summed E-state index contributed by atoms with van der Waals surface area (Å²) in [7, 11) is 0. The fraction of sp³-hybridized carbons (Fsp3) is 0.550. The van der Waals surface area contributed by atoms with Crippen LogP contribution in [0.4, 0.5) is 0 Å². The highest BCUT2D eigenvalue weighted by molar-refractivity contribution is 5.22. The maximum atomic E-state index is 9.18. The van der Waals surface area contributed by atoms with Gasteiger partial charge in [0.05, 0.1) is 31.1 Å². The van der Waals surface area contributed by atoms with Gasteiger partial charge in [-0.1, -0.05) is 30.3 Å². The van der Waals surface area contributed by atoms with Gasteiger partial charge in [-0.3, -0.25) is 14.5 Å². The van der Waals surface area contributed by atoms with Gasteiger partial charge in [-0.2, -0.15) is 5.10 Å². The third-order valence-electron chi connectivity index (χ3n) is 5.26. The topological polar surface area (TPSA) is 53.8 Å². The monoisotopic (exact) mass is 356 g/mol. The van der Waals surface area contributed by atoms with Gasteiger partial charge in [0.2, 0.25) is 0 Å². The molecule has 2 aliphatic heterocycles. The number of aromatic nitrogens is 2. The second kappa shape index (κ2) is 8.31. The van der Waals surface area contributed by atoms with Gasteiger partial charge in [-0.15, -0.1) is 0 Å². The Hall–Kier alpha value is -1.73. The number of hydrogen-bond donors (Lipinski definition) is 1. The van der Waals surface area contributed by atoms with Crippen LogP contribution in [0.1, 0.15) is 23.2 Å². The first-order valence-electron chi connectivity index (χ1n) is 9.56. The zero-order chi connectivity index (χ0) is 17.8. The van der Waals surface area contributed by atoms with Gasteiger partial charge in [-0.05, 0) is 12.0 Å². The molecule has 0 saturated carbocycles. The molecule has 1 atom stereocenters. The second-order valence-electron chi connectivity index (χ2n) is 7.30. The Morgan fingerprint density at radius 1 is 1.15 bits per heavy atom. The van der Waals surface area contributed by atoms with Gasteiger partial charge in [0.1, 0.15) is 0 Å². The summed E-state index contributed by atoms with van der Waals surface area (Å²) in [5.41, 5.74) is 3.90. The van der Waals surface area contributed by atoms with Gasteiger partial charge in [-0.25, -0.2) is 0 Å². The van der Waals surface area contributed by atoms with Crippen molar-refractivity contribution in [3.8, 4) is 0 Å². The molecule has 3 heterocycles. The van der Waals surface area contributed by atoms with Gasteiger partial charge in [0.25, 0.3) is 0 Å². The van der Waals surface area contributed by atoms with Crippen LogP contribution in [-0.4, -0.2) is 63.6 Å². The first kappa shape index (κ1) is 17.7. The maximum absolute atomic E-state index is 9.18. The Bertz CT molecular complexity index is 703. The highest BCUT2D eigenvalue weighted by Gasteiger charge is 2.27. The number of aliphatic hydroxyl groups is 1. The van der Waals surface area contributed by atoms with Crippen LogP contribution in [0.25, 0.3) is 0 Å². The Morgan fingerprint density at radius 2 is 2.04 bits per heavy atom. The lowest BCUT2D eigenvalue weighted by Gasteiger charge is -2.27. The van der Waals surface area contributed by atoms with E-state index in [1.54, 1.807) is 0 Å². The Balaban J connectivity index is 1.34. The molecule has 1 fully saturated rings. The fourth-order valence-corrected chi connectivity index (χ4v) is 4.04. The van der Waals surface area contributed by atoms with E-state index < -0.39 is 0 Å². The van der Waals surface area contributed by atoms with E-state index in [9.17, 15) is 5.11 Å². The number of fused-ring (bicyclic) bond motifs is 1. The lowest BCUT2D eigenvalue weighted by molar-refractivity contribution is 0.0243. The van der Waals surface area contributed by atoms with Crippen molar-refractivity contribution in [3.63, 3.8) is 0 Å². The number of hydrogen-bond acceptors (Lipinski definition) is 5. The van der Waals surface area contributed by atoms with Crippen molar-refractivity contribution in [1.82, 2.24) is 19.6 Å². The summed E-state index contributed by atoms with van der Waals surface area (Å²) in [4.78, 5) is 4.96. The van der Waals surface area contributed by atoms with Crippen LogP contribution < -0.4 is 0 Å². The number of ether oxygens (including phenoxy) is 1. The van der Waals surface area contributed by atoms with Crippen LogP contribution >= 0.6 is 0 Å². The summed E-state index contributed by atoms with van der Waals surface area (Å²) in [6.07, 6.45) is 3.28. The normalized spacial score (nSPS) is 21.7. The highest BCUT2D eigenvalue weighted by atomic mass is 16.5. The summed E-state index contributed by atoms with van der Waals surface area (Å²) in [5, 5.41) is 13.6. The molecule has 1 aromatic carbocycles. The van der Waals surface area contributed by atoms with Gasteiger partial charge in [0.15, 0.2) is 0 Å². The van der Waals surface area contributed by atoms with Crippen molar-refractivity contribution in [1.29, 1.82) is 0 Å². The molecule has 1 N–H and O–H groups in total. The van der Waals surface area contributed by atoms with Crippen LogP contribution in [0.15, 0.2) is 36.5 Å². The molecular formula is C20H28N4O2. The summed E-state index contributed by atoms with van der Waals surface area (Å²) in [6, 6.07) is 10.7. The highest BCUT2D eigenvalue weighted by Crippen LogP contribution is 2.23. The van der Waals surface area contributed by atoms with E-state index in [1.807, 2.05) is 10.9 Å². The van der Waals surface area contributed by atoms with Crippen LogP contribution in [0, 0.1) is 0 Å². The van der Waals surface area contributed by atoms with Crippen molar-refractivity contribution in [2.24, 2.45) is 0 Å². The summed E-state index contributed by atoms with van der Waals surface area (Å²) >= 11 is 0. The van der Waals surface area contributed by atoms with Crippen LogP contribution in [0.3, 0.4) is 0 Å². The first-order valence-corrected chi connectivity index (χ1v) is 9.56. The lowest BCUT2D eigenvalue weighted by atomic mass is 10.2. The van der Waals surface area contributed by atoms with E-state index in [4.69, 9.17) is 4.74 Å². The number of rotatable bonds is 6. The standard InChI is InChI=1S/C20H28N4O2/c25-9-8-24-20-16-23(13-18(20)11-21-24)15-19-14-22(7-4-10-26-19)12-17-5-2-1-3-6-17/h1-3,5-6,11,19,25H,4,7-10,12-16H2. The zero-order valence-electron chi connectivity index (χ0n) is 15.3. The molecule has 140 valence electrons. The molecule has 26 heavy (non-hydrogen) atoms. The fourth-order valence-electron chi connectivity index (χ4n) is 4.04. The molecule has 2 aromatic rings. The number of nitrogens with zero attached hydrogens (tertiary/aromatic N) is 4. The molecule has 1 saturated heterocycles. The van der Waals surface area contributed by atoms with Gasteiger partial charge in [0, 0.05) is 51.4 Å². The average molecular weight is 356 g/mol. The third kappa shape index (κ3) is 4.15.